The van der Waals surface area contributed by atoms with Gasteiger partial charge in [-0.2, -0.15) is 0 Å². The molecular weight excluding hydrogens is 214 g/mol. The molecular formula is C13H21N3O. The summed E-state index contributed by atoms with van der Waals surface area (Å²) in [7, 11) is 2.03. The molecule has 4 N–H and O–H groups in total. The van der Waals surface area contributed by atoms with Gasteiger partial charge in [0, 0.05) is 25.9 Å². The van der Waals surface area contributed by atoms with Crippen LogP contribution in [0.1, 0.15) is 12.8 Å². The predicted molar refractivity (Wildman–Crippen MR) is 72.1 cm³/mol. The Balaban J connectivity index is 1.76. The molecule has 1 aromatic rings. The molecule has 1 aliphatic rings. The van der Waals surface area contributed by atoms with Crippen molar-refractivity contribution in [2.75, 3.05) is 43.2 Å². The number of hydrogen-bond donors (Lipinski definition) is 2. The number of rotatable bonds is 6. The lowest BCUT2D eigenvalue weighted by Gasteiger charge is -2.20. The number of nitrogens with zero attached hydrogens (tertiary/aromatic N) is 1. The largest absolute Gasteiger partial charge is 0.397 e. The summed E-state index contributed by atoms with van der Waals surface area (Å²) in [4.78, 5) is 2.13. The van der Waals surface area contributed by atoms with Crippen molar-refractivity contribution >= 4 is 17.1 Å². The van der Waals surface area contributed by atoms with Gasteiger partial charge in [0.15, 0.2) is 0 Å². The highest BCUT2D eigenvalue weighted by Crippen LogP contribution is 2.28. The number of ether oxygens (including phenoxy) is 1. The molecule has 4 heteroatoms. The Hall–Kier alpha value is -1.42. The van der Waals surface area contributed by atoms with E-state index in [4.69, 9.17) is 16.2 Å². The minimum Gasteiger partial charge on any atom is -0.397 e. The van der Waals surface area contributed by atoms with Gasteiger partial charge in [-0.25, -0.2) is 0 Å². The van der Waals surface area contributed by atoms with Crippen molar-refractivity contribution in [3.05, 3.63) is 18.2 Å². The Morgan fingerprint density at radius 3 is 2.71 bits per heavy atom. The van der Waals surface area contributed by atoms with Crippen molar-refractivity contribution in [2.45, 2.75) is 12.8 Å². The summed E-state index contributed by atoms with van der Waals surface area (Å²) in [6.07, 6.45) is 2.68. The Morgan fingerprint density at radius 2 is 2.06 bits per heavy atom. The third-order valence-electron chi connectivity index (χ3n) is 3.13. The van der Waals surface area contributed by atoms with Crippen LogP contribution in [0.15, 0.2) is 18.2 Å². The Morgan fingerprint density at radius 1 is 1.29 bits per heavy atom. The first-order valence-electron chi connectivity index (χ1n) is 6.10. The van der Waals surface area contributed by atoms with Crippen LogP contribution in [0.2, 0.25) is 0 Å². The molecule has 94 valence electrons. The average molecular weight is 235 g/mol. The third-order valence-corrected chi connectivity index (χ3v) is 3.13. The second kappa shape index (κ2) is 5.27. The lowest BCUT2D eigenvalue weighted by Crippen LogP contribution is -2.23. The number of benzene rings is 1. The van der Waals surface area contributed by atoms with Crippen molar-refractivity contribution in [1.82, 2.24) is 0 Å². The van der Waals surface area contributed by atoms with Crippen LogP contribution in [-0.2, 0) is 4.74 Å². The van der Waals surface area contributed by atoms with Gasteiger partial charge in [0.1, 0.15) is 0 Å². The van der Waals surface area contributed by atoms with E-state index in [-0.39, 0.29) is 0 Å². The summed E-state index contributed by atoms with van der Waals surface area (Å²) < 4.78 is 5.61. The van der Waals surface area contributed by atoms with Crippen molar-refractivity contribution in [3.63, 3.8) is 0 Å². The molecule has 1 saturated carbocycles. The SMILES string of the molecule is CN(CCOCC1CC1)c1ccc(N)c(N)c1. The van der Waals surface area contributed by atoms with E-state index in [1.54, 1.807) is 0 Å². The molecule has 0 saturated heterocycles. The van der Waals surface area contributed by atoms with Crippen LogP contribution in [0.4, 0.5) is 17.1 Å². The minimum atomic E-state index is 0.632. The molecule has 0 unspecified atom stereocenters. The van der Waals surface area contributed by atoms with Crippen molar-refractivity contribution < 1.29 is 4.74 Å². The van der Waals surface area contributed by atoms with E-state index in [1.165, 1.54) is 12.8 Å². The van der Waals surface area contributed by atoms with Crippen LogP contribution in [0.5, 0.6) is 0 Å². The van der Waals surface area contributed by atoms with Gasteiger partial charge >= 0.3 is 0 Å². The fourth-order valence-corrected chi connectivity index (χ4v) is 1.66. The smallest absolute Gasteiger partial charge is 0.0641 e. The second-order valence-electron chi connectivity index (χ2n) is 4.75. The average Bonchev–Trinajstić information content (AvgIpc) is 3.12. The molecule has 0 spiro atoms. The Bertz CT molecular complexity index is 377. The highest BCUT2D eigenvalue weighted by Gasteiger charge is 2.20. The first kappa shape index (κ1) is 12.0. The lowest BCUT2D eigenvalue weighted by atomic mass is 10.2. The molecule has 0 amide bonds. The van der Waals surface area contributed by atoms with E-state index in [9.17, 15) is 0 Å². The maximum atomic E-state index is 5.78. The fraction of sp³-hybridized carbons (Fsp3) is 0.538. The molecule has 1 aliphatic carbocycles. The molecule has 17 heavy (non-hydrogen) atoms. The molecule has 0 atom stereocenters. The zero-order chi connectivity index (χ0) is 12.3. The van der Waals surface area contributed by atoms with Gasteiger partial charge in [-0.3, -0.25) is 0 Å². The standard InChI is InChI=1S/C13H21N3O/c1-16(6-7-17-9-10-2-3-10)11-4-5-12(14)13(15)8-11/h4-5,8,10H,2-3,6-7,9,14-15H2,1H3. The van der Waals surface area contributed by atoms with Crippen LogP contribution in [0.25, 0.3) is 0 Å². The van der Waals surface area contributed by atoms with Crippen LogP contribution in [0.3, 0.4) is 0 Å². The molecule has 1 fully saturated rings. The molecule has 0 aliphatic heterocycles. The number of hydrogen-bond acceptors (Lipinski definition) is 4. The van der Waals surface area contributed by atoms with Gasteiger partial charge < -0.3 is 21.1 Å². The monoisotopic (exact) mass is 235 g/mol. The fourth-order valence-electron chi connectivity index (χ4n) is 1.66. The molecule has 1 aromatic carbocycles. The topological polar surface area (TPSA) is 64.5 Å². The predicted octanol–water partition coefficient (Wildman–Crippen LogP) is 1.71. The zero-order valence-corrected chi connectivity index (χ0v) is 10.4. The lowest BCUT2D eigenvalue weighted by molar-refractivity contribution is 0.131. The first-order valence-corrected chi connectivity index (χ1v) is 6.10. The third kappa shape index (κ3) is 3.53. The molecule has 0 bridgehead atoms. The van der Waals surface area contributed by atoms with E-state index < -0.39 is 0 Å². The Kier molecular flexibility index (Phi) is 3.74. The highest BCUT2D eigenvalue weighted by atomic mass is 16.5. The van der Waals surface area contributed by atoms with Gasteiger partial charge in [-0.15, -0.1) is 0 Å². The van der Waals surface area contributed by atoms with Gasteiger partial charge in [0.25, 0.3) is 0 Å². The minimum absolute atomic E-state index is 0.632. The van der Waals surface area contributed by atoms with E-state index in [2.05, 4.69) is 4.90 Å². The molecule has 0 aromatic heterocycles. The van der Waals surface area contributed by atoms with Crippen LogP contribution >= 0.6 is 0 Å². The maximum Gasteiger partial charge on any atom is 0.0641 e. The first-order chi connectivity index (χ1) is 8.16. The molecule has 2 rings (SSSR count). The van der Waals surface area contributed by atoms with Gasteiger partial charge in [-0.05, 0) is 37.0 Å². The van der Waals surface area contributed by atoms with Crippen LogP contribution < -0.4 is 16.4 Å². The summed E-state index contributed by atoms with van der Waals surface area (Å²) in [5, 5.41) is 0. The molecule has 0 radical (unpaired) electrons. The van der Waals surface area contributed by atoms with E-state index in [1.807, 2.05) is 25.2 Å². The number of likely N-dealkylation sites (N-methyl/N-ethyl adjacent to an activating group) is 1. The summed E-state index contributed by atoms with van der Waals surface area (Å²) in [5.74, 6) is 0.826. The van der Waals surface area contributed by atoms with Crippen molar-refractivity contribution in [3.8, 4) is 0 Å². The molecule has 4 nitrogen and oxygen atoms in total. The van der Waals surface area contributed by atoms with E-state index >= 15 is 0 Å². The Labute approximate surface area is 103 Å². The van der Waals surface area contributed by atoms with Crippen LogP contribution in [0, 0.1) is 5.92 Å². The van der Waals surface area contributed by atoms with Crippen molar-refractivity contribution in [2.24, 2.45) is 5.92 Å². The van der Waals surface area contributed by atoms with Crippen LogP contribution in [-0.4, -0.2) is 26.8 Å². The number of nitrogens with two attached hydrogens (primary N) is 2. The van der Waals surface area contributed by atoms with Crippen molar-refractivity contribution in [1.29, 1.82) is 0 Å². The zero-order valence-electron chi connectivity index (χ0n) is 10.4. The maximum absolute atomic E-state index is 5.78. The summed E-state index contributed by atoms with van der Waals surface area (Å²) in [5.41, 5.74) is 13.8. The van der Waals surface area contributed by atoms with E-state index in [0.717, 1.165) is 31.4 Å². The quantitative estimate of drug-likeness (QED) is 0.582. The van der Waals surface area contributed by atoms with Gasteiger partial charge in [-0.1, -0.05) is 0 Å². The summed E-state index contributed by atoms with van der Waals surface area (Å²) in [6.45, 7) is 2.55. The van der Waals surface area contributed by atoms with Gasteiger partial charge in [0.2, 0.25) is 0 Å². The molecule has 0 heterocycles. The van der Waals surface area contributed by atoms with E-state index in [0.29, 0.717) is 11.4 Å². The normalized spacial score (nSPS) is 14.9. The highest BCUT2D eigenvalue weighted by molar-refractivity contribution is 5.69. The second-order valence-corrected chi connectivity index (χ2v) is 4.75. The summed E-state index contributed by atoms with van der Waals surface area (Å²) in [6, 6.07) is 5.72. The summed E-state index contributed by atoms with van der Waals surface area (Å²) >= 11 is 0. The van der Waals surface area contributed by atoms with Gasteiger partial charge in [0.05, 0.1) is 18.0 Å². The number of anilines is 3. The number of nitrogen functional groups attached to an aromatic ring is 2.